The predicted molar refractivity (Wildman–Crippen MR) is 123 cm³/mol. The molecule has 0 bridgehead atoms. The molecule has 3 aromatic rings. The minimum atomic E-state index is -0.427. The van der Waals surface area contributed by atoms with E-state index in [0.29, 0.717) is 35.9 Å². The van der Waals surface area contributed by atoms with Crippen molar-refractivity contribution in [1.29, 1.82) is 0 Å². The van der Waals surface area contributed by atoms with E-state index in [4.69, 9.17) is 9.72 Å². The summed E-state index contributed by atoms with van der Waals surface area (Å²) in [6.45, 7) is 2.38. The van der Waals surface area contributed by atoms with Crippen LogP contribution in [-0.2, 0) is 9.53 Å². The number of carbonyl (C=O) groups excluding carboxylic acids is 2. The number of para-hydroxylation sites is 2. The number of rotatable bonds is 5. The number of nitrogens with zero attached hydrogens (tertiary/aromatic N) is 3. The minimum absolute atomic E-state index is 0.184. The Balaban J connectivity index is 1.38. The molecule has 1 aromatic heterocycles. The number of fused-ring (bicyclic) bond motifs is 1. The Morgan fingerprint density at radius 3 is 2.47 bits per heavy atom. The van der Waals surface area contributed by atoms with Crippen LogP contribution in [0.3, 0.4) is 0 Å². The van der Waals surface area contributed by atoms with Gasteiger partial charge < -0.3 is 20.3 Å². The van der Waals surface area contributed by atoms with E-state index in [-0.39, 0.29) is 11.8 Å². The third kappa shape index (κ3) is 4.27. The van der Waals surface area contributed by atoms with E-state index in [1.54, 1.807) is 24.3 Å². The van der Waals surface area contributed by atoms with Crippen molar-refractivity contribution in [2.24, 2.45) is 0 Å². The monoisotopic (exact) mass is 431 g/mol. The van der Waals surface area contributed by atoms with Crippen LogP contribution in [0.25, 0.3) is 11.0 Å². The second-order valence-corrected chi connectivity index (χ2v) is 8.10. The highest BCUT2D eigenvalue weighted by atomic mass is 16.5. The second-order valence-electron chi connectivity index (χ2n) is 8.10. The summed E-state index contributed by atoms with van der Waals surface area (Å²) in [6.07, 6.45) is 3.35. The van der Waals surface area contributed by atoms with E-state index in [2.05, 4.69) is 20.5 Å². The van der Waals surface area contributed by atoms with Crippen LogP contribution in [0.4, 0.5) is 17.3 Å². The Labute approximate surface area is 186 Å². The summed E-state index contributed by atoms with van der Waals surface area (Å²) in [5, 5.41) is 5.78. The van der Waals surface area contributed by atoms with Crippen LogP contribution in [0.5, 0.6) is 0 Å². The van der Waals surface area contributed by atoms with Gasteiger partial charge in [-0.1, -0.05) is 18.2 Å². The number of aromatic nitrogens is 2. The number of hydrogen-bond acceptors (Lipinski definition) is 6. The summed E-state index contributed by atoms with van der Waals surface area (Å²) in [4.78, 5) is 37.0. The summed E-state index contributed by atoms with van der Waals surface area (Å²) < 4.78 is 5.43. The lowest BCUT2D eigenvalue weighted by Gasteiger charge is -2.20. The number of benzene rings is 2. The first-order chi connectivity index (χ1) is 15.7. The smallest absolute Gasteiger partial charge is 0.256 e. The van der Waals surface area contributed by atoms with E-state index in [9.17, 15) is 9.59 Å². The molecular weight excluding hydrogens is 406 g/mol. The van der Waals surface area contributed by atoms with E-state index >= 15 is 0 Å². The molecule has 164 valence electrons. The van der Waals surface area contributed by atoms with Gasteiger partial charge in [0.2, 0.25) is 0 Å². The summed E-state index contributed by atoms with van der Waals surface area (Å²) in [5.74, 6) is 0.654. The average molecular weight is 431 g/mol. The van der Waals surface area contributed by atoms with E-state index in [1.165, 1.54) is 0 Å². The fraction of sp³-hybridized carbons (Fsp3) is 0.333. The zero-order chi connectivity index (χ0) is 21.9. The lowest BCUT2D eigenvalue weighted by molar-refractivity contribution is -0.124. The fourth-order valence-corrected chi connectivity index (χ4v) is 4.15. The van der Waals surface area contributed by atoms with Gasteiger partial charge in [0.25, 0.3) is 11.8 Å². The van der Waals surface area contributed by atoms with Crippen molar-refractivity contribution in [3.8, 4) is 0 Å². The molecule has 0 saturated carbocycles. The standard InChI is InChI=1S/C24H25N5O3/c30-23(16-7-5-8-17(15-16)25-24(31)20-11-6-14-32-20)28-21-22(29-12-3-4-13-29)27-19-10-2-1-9-18(19)26-21/h1-2,5,7-10,15,20H,3-4,6,11-14H2,(H,25,31)(H,26,28,30). The number of amides is 2. The normalized spacial score (nSPS) is 18.1. The zero-order valence-corrected chi connectivity index (χ0v) is 17.7. The average Bonchev–Trinajstić information content (AvgIpc) is 3.53. The van der Waals surface area contributed by atoms with E-state index < -0.39 is 6.10 Å². The molecule has 2 saturated heterocycles. The molecule has 0 radical (unpaired) electrons. The minimum Gasteiger partial charge on any atom is -0.368 e. The first-order valence-electron chi connectivity index (χ1n) is 11.0. The van der Waals surface area contributed by atoms with E-state index in [0.717, 1.165) is 43.4 Å². The molecule has 8 heteroatoms. The molecule has 1 unspecified atom stereocenters. The summed E-state index contributed by atoms with van der Waals surface area (Å²) in [5.41, 5.74) is 2.51. The number of carbonyl (C=O) groups is 2. The lowest BCUT2D eigenvalue weighted by Crippen LogP contribution is -2.27. The Hall–Kier alpha value is -3.52. The van der Waals surface area contributed by atoms with Crippen LogP contribution < -0.4 is 15.5 Å². The van der Waals surface area contributed by atoms with Gasteiger partial charge in [0, 0.05) is 30.9 Å². The Bertz CT molecular complexity index is 1150. The molecule has 2 aliphatic heterocycles. The number of anilines is 3. The van der Waals surface area contributed by atoms with Gasteiger partial charge in [-0.2, -0.15) is 0 Å². The summed E-state index contributed by atoms with van der Waals surface area (Å²) >= 11 is 0. The molecule has 5 rings (SSSR count). The summed E-state index contributed by atoms with van der Waals surface area (Å²) in [7, 11) is 0. The van der Waals surface area contributed by atoms with Gasteiger partial charge in [0.05, 0.1) is 11.0 Å². The molecule has 0 spiro atoms. The van der Waals surface area contributed by atoms with Gasteiger partial charge in [-0.15, -0.1) is 0 Å². The zero-order valence-electron chi connectivity index (χ0n) is 17.7. The maximum atomic E-state index is 13.1. The van der Waals surface area contributed by atoms with Gasteiger partial charge in [-0.3, -0.25) is 9.59 Å². The molecule has 2 aliphatic rings. The van der Waals surface area contributed by atoms with Gasteiger partial charge >= 0.3 is 0 Å². The molecule has 32 heavy (non-hydrogen) atoms. The largest absolute Gasteiger partial charge is 0.368 e. The molecule has 0 aliphatic carbocycles. The van der Waals surface area contributed by atoms with Crippen LogP contribution >= 0.6 is 0 Å². The van der Waals surface area contributed by atoms with Crippen LogP contribution in [0, 0.1) is 0 Å². The Morgan fingerprint density at radius 2 is 1.72 bits per heavy atom. The third-order valence-electron chi connectivity index (χ3n) is 5.80. The molecular formula is C24H25N5O3. The van der Waals surface area contributed by atoms with Crippen molar-refractivity contribution in [1.82, 2.24) is 9.97 Å². The van der Waals surface area contributed by atoms with Crippen molar-refractivity contribution in [3.05, 3.63) is 54.1 Å². The quantitative estimate of drug-likeness (QED) is 0.641. The lowest BCUT2D eigenvalue weighted by atomic mass is 10.1. The van der Waals surface area contributed by atoms with Crippen molar-refractivity contribution in [3.63, 3.8) is 0 Å². The van der Waals surface area contributed by atoms with Gasteiger partial charge in [-0.05, 0) is 56.0 Å². The number of ether oxygens (including phenoxy) is 1. The molecule has 2 amide bonds. The van der Waals surface area contributed by atoms with Crippen molar-refractivity contribution < 1.29 is 14.3 Å². The molecule has 8 nitrogen and oxygen atoms in total. The topological polar surface area (TPSA) is 96.5 Å². The predicted octanol–water partition coefficient (Wildman–Crippen LogP) is 3.60. The van der Waals surface area contributed by atoms with Gasteiger partial charge in [-0.25, -0.2) is 9.97 Å². The maximum absolute atomic E-state index is 13.1. The highest BCUT2D eigenvalue weighted by Crippen LogP contribution is 2.28. The van der Waals surface area contributed by atoms with Crippen molar-refractivity contribution in [2.45, 2.75) is 31.8 Å². The molecule has 3 heterocycles. The highest BCUT2D eigenvalue weighted by molar-refractivity contribution is 6.06. The fourth-order valence-electron chi connectivity index (χ4n) is 4.15. The van der Waals surface area contributed by atoms with Gasteiger partial charge in [0.1, 0.15) is 6.10 Å². The number of nitrogens with one attached hydrogen (secondary N) is 2. The second kappa shape index (κ2) is 8.92. The van der Waals surface area contributed by atoms with Crippen LogP contribution in [-0.4, -0.2) is 47.6 Å². The first kappa shape index (κ1) is 20.4. The van der Waals surface area contributed by atoms with Crippen LogP contribution in [0.1, 0.15) is 36.0 Å². The highest BCUT2D eigenvalue weighted by Gasteiger charge is 2.24. The Kier molecular flexibility index (Phi) is 5.68. The van der Waals surface area contributed by atoms with E-state index in [1.807, 2.05) is 24.3 Å². The molecule has 1 atom stereocenters. The van der Waals surface area contributed by atoms with Gasteiger partial charge in [0.15, 0.2) is 11.6 Å². The number of hydrogen-bond donors (Lipinski definition) is 2. The van der Waals surface area contributed by atoms with Crippen LogP contribution in [0.2, 0.25) is 0 Å². The SMILES string of the molecule is O=C(Nc1nc2ccccc2nc1N1CCCC1)c1cccc(NC(=O)C2CCCO2)c1. The first-order valence-corrected chi connectivity index (χ1v) is 11.0. The molecule has 2 aromatic carbocycles. The third-order valence-corrected chi connectivity index (χ3v) is 5.80. The van der Waals surface area contributed by atoms with Crippen LogP contribution in [0.15, 0.2) is 48.5 Å². The van der Waals surface area contributed by atoms with Crippen molar-refractivity contribution >= 4 is 40.2 Å². The maximum Gasteiger partial charge on any atom is 0.256 e. The molecule has 2 fully saturated rings. The molecule has 2 N–H and O–H groups in total. The Morgan fingerprint density at radius 1 is 0.938 bits per heavy atom. The summed E-state index contributed by atoms with van der Waals surface area (Å²) in [6, 6.07) is 14.5. The van der Waals surface area contributed by atoms with Crippen molar-refractivity contribution in [2.75, 3.05) is 35.2 Å².